The Balaban J connectivity index is 1.41. The van der Waals surface area contributed by atoms with E-state index in [0.29, 0.717) is 23.7 Å². The molecule has 1 aromatic heterocycles. The molecule has 0 spiro atoms. The van der Waals surface area contributed by atoms with Crippen LogP contribution in [0, 0.1) is 23.2 Å². The lowest BCUT2D eigenvalue weighted by atomic mass is 9.52. The van der Waals surface area contributed by atoms with Crippen molar-refractivity contribution in [2.24, 2.45) is 23.2 Å². The van der Waals surface area contributed by atoms with Gasteiger partial charge in [0.15, 0.2) is 0 Å². The monoisotopic (exact) mass is 422 g/mol. The number of allylic oxidation sites excluding steroid dienone is 2. The average Bonchev–Trinajstić information content (AvgIpc) is 3.05. The fraction of sp³-hybridized carbons (Fsp3) is 0.704. The van der Waals surface area contributed by atoms with Gasteiger partial charge in [-0.25, -0.2) is 0 Å². The molecule has 2 aliphatic carbocycles. The fourth-order valence-electron chi connectivity index (χ4n) is 7.70. The standard InChI is InChI=1S/C27H38N2O2/c1-4-15-31-20-16-19(17-28-18-20)22-8-9-23-21-11-14-29-25(30)7-5-6-12-27(29,3)24(21)10-13-26(22,23)2/h8,16-18,21,23-24H,4-7,9-15H2,1-3H3/t21?,23?,24?,26-,27-/m1/s1. The molecule has 4 heteroatoms. The van der Waals surface area contributed by atoms with Gasteiger partial charge in [-0.3, -0.25) is 9.78 Å². The van der Waals surface area contributed by atoms with Crippen molar-refractivity contribution in [1.29, 1.82) is 0 Å². The molecule has 2 saturated heterocycles. The van der Waals surface area contributed by atoms with Gasteiger partial charge in [0.05, 0.1) is 12.8 Å². The van der Waals surface area contributed by atoms with E-state index in [1.165, 1.54) is 43.2 Å². The molecule has 1 aromatic rings. The van der Waals surface area contributed by atoms with Gasteiger partial charge in [-0.15, -0.1) is 0 Å². The van der Waals surface area contributed by atoms with E-state index >= 15 is 0 Å². The molecule has 5 rings (SSSR count). The number of hydrogen-bond donors (Lipinski definition) is 0. The van der Waals surface area contributed by atoms with E-state index in [-0.39, 0.29) is 11.0 Å². The third-order valence-corrected chi connectivity index (χ3v) is 9.24. The highest BCUT2D eigenvalue weighted by Crippen LogP contribution is 2.63. The second kappa shape index (κ2) is 7.94. The highest BCUT2D eigenvalue weighted by molar-refractivity contribution is 5.78. The number of fused-ring (bicyclic) bond motifs is 5. The molecule has 4 nitrogen and oxygen atoms in total. The number of carbonyl (C=O) groups excluding carboxylic acids is 1. The first-order valence-electron chi connectivity index (χ1n) is 12.6. The molecule has 3 heterocycles. The van der Waals surface area contributed by atoms with Gasteiger partial charge in [0.25, 0.3) is 0 Å². The lowest BCUT2D eigenvalue weighted by molar-refractivity contribution is -0.150. The SMILES string of the molecule is CCCOc1cncc(C2=CCC3C4CCN5C(=O)CCCC[C@]5(C)C4CC[C@]23C)c1. The maximum atomic E-state index is 12.9. The third-order valence-electron chi connectivity index (χ3n) is 9.24. The lowest BCUT2D eigenvalue weighted by Crippen LogP contribution is -2.62. The zero-order chi connectivity index (χ0) is 21.6. The Morgan fingerprint density at radius 1 is 1.16 bits per heavy atom. The Morgan fingerprint density at radius 2 is 2.03 bits per heavy atom. The molecule has 0 N–H and O–H groups in total. The Labute approximate surface area is 187 Å². The first-order chi connectivity index (χ1) is 15.0. The molecule has 0 radical (unpaired) electrons. The van der Waals surface area contributed by atoms with Crippen molar-refractivity contribution in [2.45, 2.75) is 84.1 Å². The van der Waals surface area contributed by atoms with Gasteiger partial charge in [0, 0.05) is 24.7 Å². The summed E-state index contributed by atoms with van der Waals surface area (Å²) in [5.41, 5.74) is 3.00. The summed E-state index contributed by atoms with van der Waals surface area (Å²) in [6, 6.07) is 2.20. The predicted molar refractivity (Wildman–Crippen MR) is 124 cm³/mol. The number of hydrogen-bond acceptors (Lipinski definition) is 3. The minimum atomic E-state index is 0.0655. The van der Waals surface area contributed by atoms with E-state index in [1.54, 1.807) is 0 Å². The summed E-state index contributed by atoms with van der Waals surface area (Å²) in [6.07, 6.45) is 16.4. The summed E-state index contributed by atoms with van der Waals surface area (Å²) in [6.45, 7) is 8.74. The zero-order valence-corrected chi connectivity index (χ0v) is 19.5. The maximum Gasteiger partial charge on any atom is 0.223 e. The summed E-state index contributed by atoms with van der Waals surface area (Å²) in [7, 11) is 0. The van der Waals surface area contributed by atoms with E-state index < -0.39 is 0 Å². The van der Waals surface area contributed by atoms with Crippen molar-refractivity contribution in [3.8, 4) is 5.75 Å². The maximum absolute atomic E-state index is 12.9. The van der Waals surface area contributed by atoms with E-state index in [1.807, 2.05) is 12.4 Å². The highest BCUT2D eigenvalue weighted by Gasteiger charge is 2.58. The minimum Gasteiger partial charge on any atom is -0.492 e. The third kappa shape index (κ3) is 3.32. The number of nitrogens with zero attached hydrogens (tertiary/aromatic N) is 2. The Morgan fingerprint density at radius 3 is 2.87 bits per heavy atom. The summed E-state index contributed by atoms with van der Waals surface area (Å²) < 4.78 is 5.88. The van der Waals surface area contributed by atoms with Crippen LogP contribution in [0.25, 0.3) is 5.57 Å². The number of rotatable bonds is 4. The van der Waals surface area contributed by atoms with Crippen molar-refractivity contribution < 1.29 is 9.53 Å². The van der Waals surface area contributed by atoms with Crippen molar-refractivity contribution in [3.63, 3.8) is 0 Å². The van der Waals surface area contributed by atoms with Crippen LogP contribution in [0.4, 0.5) is 0 Å². The van der Waals surface area contributed by atoms with E-state index in [0.717, 1.165) is 44.6 Å². The molecule has 3 fully saturated rings. The molecular formula is C27H38N2O2. The molecule has 4 aliphatic rings. The quantitative estimate of drug-likeness (QED) is 0.609. The number of piperidine rings is 1. The number of amides is 1. The average molecular weight is 423 g/mol. The van der Waals surface area contributed by atoms with Gasteiger partial charge < -0.3 is 9.64 Å². The van der Waals surface area contributed by atoms with Gasteiger partial charge in [0.2, 0.25) is 5.91 Å². The number of pyridine rings is 1. The minimum absolute atomic E-state index is 0.0655. The Bertz CT molecular complexity index is 880. The molecule has 0 aromatic carbocycles. The van der Waals surface area contributed by atoms with Gasteiger partial charge in [-0.05, 0) is 92.2 Å². The van der Waals surface area contributed by atoms with E-state index in [2.05, 4.69) is 42.8 Å². The topological polar surface area (TPSA) is 42.4 Å². The largest absolute Gasteiger partial charge is 0.492 e. The van der Waals surface area contributed by atoms with Crippen LogP contribution < -0.4 is 4.74 Å². The lowest BCUT2D eigenvalue weighted by Gasteiger charge is -2.59. The molecule has 5 atom stereocenters. The van der Waals surface area contributed by atoms with Crippen molar-refractivity contribution in [1.82, 2.24) is 9.88 Å². The van der Waals surface area contributed by atoms with Crippen molar-refractivity contribution in [3.05, 3.63) is 30.1 Å². The summed E-state index contributed by atoms with van der Waals surface area (Å²) in [5.74, 6) is 3.34. The Kier molecular flexibility index (Phi) is 5.38. The summed E-state index contributed by atoms with van der Waals surface area (Å²) in [4.78, 5) is 19.7. The van der Waals surface area contributed by atoms with Crippen LogP contribution in [-0.2, 0) is 4.79 Å². The van der Waals surface area contributed by atoms with Gasteiger partial charge in [-0.1, -0.05) is 26.3 Å². The molecule has 31 heavy (non-hydrogen) atoms. The van der Waals surface area contributed by atoms with Crippen LogP contribution in [0.15, 0.2) is 24.5 Å². The number of ether oxygens (including phenoxy) is 1. The molecule has 3 unspecified atom stereocenters. The second-order valence-corrected chi connectivity index (χ2v) is 10.8. The molecule has 0 bridgehead atoms. The summed E-state index contributed by atoms with van der Waals surface area (Å²) in [5, 5.41) is 0. The molecule has 2 aliphatic heterocycles. The number of aromatic nitrogens is 1. The molecule has 1 saturated carbocycles. The van der Waals surface area contributed by atoms with Crippen LogP contribution in [-0.4, -0.2) is 34.5 Å². The first kappa shape index (κ1) is 21.0. The van der Waals surface area contributed by atoms with Crippen molar-refractivity contribution >= 4 is 11.5 Å². The predicted octanol–water partition coefficient (Wildman–Crippen LogP) is 5.87. The van der Waals surface area contributed by atoms with E-state index in [9.17, 15) is 4.79 Å². The summed E-state index contributed by atoms with van der Waals surface area (Å²) >= 11 is 0. The van der Waals surface area contributed by atoms with Crippen LogP contribution in [0.1, 0.15) is 84.1 Å². The van der Waals surface area contributed by atoms with Crippen LogP contribution in [0.5, 0.6) is 5.75 Å². The normalized spacial score (nSPS) is 37.4. The Hall–Kier alpha value is -1.84. The van der Waals surface area contributed by atoms with Crippen molar-refractivity contribution in [2.75, 3.05) is 13.2 Å². The second-order valence-electron chi connectivity index (χ2n) is 10.8. The van der Waals surface area contributed by atoms with Crippen LogP contribution in [0.3, 0.4) is 0 Å². The molecular weight excluding hydrogens is 384 g/mol. The first-order valence-corrected chi connectivity index (χ1v) is 12.6. The van der Waals surface area contributed by atoms with Crippen LogP contribution in [0.2, 0.25) is 0 Å². The van der Waals surface area contributed by atoms with Gasteiger partial charge in [-0.2, -0.15) is 0 Å². The smallest absolute Gasteiger partial charge is 0.223 e. The van der Waals surface area contributed by atoms with Gasteiger partial charge >= 0.3 is 0 Å². The van der Waals surface area contributed by atoms with Crippen LogP contribution >= 0.6 is 0 Å². The molecule has 168 valence electrons. The zero-order valence-electron chi connectivity index (χ0n) is 19.5. The molecule has 1 amide bonds. The van der Waals surface area contributed by atoms with E-state index in [4.69, 9.17) is 4.74 Å². The number of carbonyl (C=O) groups is 1. The van der Waals surface area contributed by atoms with Gasteiger partial charge in [0.1, 0.15) is 5.75 Å². The fourth-order valence-corrected chi connectivity index (χ4v) is 7.70. The highest BCUT2D eigenvalue weighted by atomic mass is 16.5.